The highest BCUT2D eigenvalue weighted by molar-refractivity contribution is 6.10. The Morgan fingerprint density at radius 3 is 2.10 bits per heavy atom. The van der Waals surface area contributed by atoms with E-state index in [1.165, 1.54) is 0 Å². The van der Waals surface area contributed by atoms with Gasteiger partial charge in [0.05, 0.1) is 26.5 Å². The number of nitrogens with zero attached hydrogens (tertiary/aromatic N) is 2. The molecule has 0 aromatic heterocycles. The van der Waals surface area contributed by atoms with Crippen LogP contribution >= 0.6 is 0 Å². The summed E-state index contributed by atoms with van der Waals surface area (Å²) in [7, 11) is 3.24. The molecule has 0 saturated carbocycles. The van der Waals surface area contributed by atoms with Crippen LogP contribution in [0.2, 0.25) is 0 Å². The minimum absolute atomic E-state index is 0.0905. The summed E-state index contributed by atoms with van der Waals surface area (Å²) in [6, 6.07) is 24.3. The SMILES string of the molecule is COc1ccc(N=C[C@H]2[C@@H](OCc3ccccc3)C(=O)N2c2ccc(OC)cc2)cc1. The number of hydrogen-bond donors (Lipinski definition) is 0. The summed E-state index contributed by atoms with van der Waals surface area (Å²) >= 11 is 0. The van der Waals surface area contributed by atoms with Crippen molar-refractivity contribution in [2.24, 2.45) is 4.99 Å². The first-order valence-corrected chi connectivity index (χ1v) is 10.0. The van der Waals surface area contributed by atoms with Crippen molar-refractivity contribution in [3.8, 4) is 11.5 Å². The Morgan fingerprint density at radius 1 is 0.871 bits per heavy atom. The molecule has 6 nitrogen and oxygen atoms in total. The van der Waals surface area contributed by atoms with E-state index >= 15 is 0 Å². The molecule has 3 aromatic carbocycles. The summed E-state index contributed by atoms with van der Waals surface area (Å²) in [5, 5.41) is 0. The van der Waals surface area contributed by atoms with Crippen molar-refractivity contribution in [3.63, 3.8) is 0 Å². The van der Waals surface area contributed by atoms with Crippen molar-refractivity contribution < 1.29 is 19.0 Å². The van der Waals surface area contributed by atoms with Gasteiger partial charge in [-0.05, 0) is 54.1 Å². The highest BCUT2D eigenvalue weighted by Gasteiger charge is 2.48. The summed E-state index contributed by atoms with van der Waals surface area (Å²) in [6.07, 6.45) is 1.17. The fourth-order valence-corrected chi connectivity index (χ4v) is 3.43. The second-order valence-electron chi connectivity index (χ2n) is 7.09. The van der Waals surface area contributed by atoms with Crippen molar-refractivity contribution in [1.29, 1.82) is 0 Å². The van der Waals surface area contributed by atoms with E-state index in [0.29, 0.717) is 6.61 Å². The van der Waals surface area contributed by atoms with Crippen LogP contribution in [-0.4, -0.2) is 38.5 Å². The number of hydrogen-bond acceptors (Lipinski definition) is 5. The van der Waals surface area contributed by atoms with Gasteiger partial charge in [-0.15, -0.1) is 0 Å². The van der Waals surface area contributed by atoms with Gasteiger partial charge >= 0.3 is 0 Å². The molecule has 1 aliphatic rings. The lowest BCUT2D eigenvalue weighted by Gasteiger charge is -2.44. The first kappa shape index (κ1) is 20.6. The molecule has 3 aromatic rings. The van der Waals surface area contributed by atoms with E-state index in [-0.39, 0.29) is 11.9 Å². The van der Waals surface area contributed by atoms with Crippen LogP contribution in [0.4, 0.5) is 11.4 Å². The third-order valence-electron chi connectivity index (χ3n) is 5.16. The standard InChI is InChI=1S/C25H24N2O4/c1-29-21-12-8-19(9-13-21)26-16-23-24(31-17-18-6-4-3-5-7-18)25(28)27(23)20-10-14-22(30-2)15-11-20/h3-16,23-24H,17H2,1-2H3/t23-,24+/m0/s1. The number of carbonyl (C=O) groups is 1. The number of rotatable bonds is 8. The monoisotopic (exact) mass is 416 g/mol. The molecule has 1 heterocycles. The average molecular weight is 416 g/mol. The minimum atomic E-state index is -0.593. The van der Waals surface area contributed by atoms with Crippen LogP contribution in [0.1, 0.15) is 5.56 Å². The van der Waals surface area contributed by atoms with Gasteiger partial charge in [0.15, 0.2) is 6.10 Å². The van der Waals surface area contributed by atoms with Crippen LogP contribution in [-0.2, 0) is 16.1 Å². The van der Waals surface area contributed by atoms with Crippen LogP contribution in [0.15, 0.2) is 83.9 Å². The second-order valence-corrected chi connectivity index (χ2v) is 7.09. The van der Waals surface area contributed by atoms with Gasteiger partial charge in [-0.3, -0.25) is 14.7 Å². The molecule has 4 rings (SSSR count). The summed E-state index contributed by atoms with van der Waals surface area (Å²) in [6.45, 7) is 0.362. The zero-order valence-corrected chi connectivity index (χ0v) is 17.5. The van der Waals surface area contributed by atoms with Gasteiger partial charge < -0.3 is 14.2 Å². The highest BCUT2D eigenvalue weighted by Crippen LogP contribution is 2.32. The van der Waals surface area contributed by atoms with E-state index in [1.54, 1.807) is 25.3 Å². The summed E-state index contributed by atoms with van der Waals surface area (Å²) in [4.78, 5) is 19.2. The molecular formula is C25H24N2O4. The maximum Gasteiger partial charge on any atom is 0.259 e. The van der Waals surface area contributed by atoms with E-state index in [1.807, 2.05) is 78.9 Å². The van der Waals surface area contributed by atoms with E-state index in [4.69, 9.17) is 14.2 Å². The van der Waals surface area contributed by atoms with Crippen LogP contribution in [0, 0.1) is 0 Å². The normalized spacial score (nSPS) is 18.1. The molecular weight excluding hydrogens is 392 g/mol. The van der Waals surface area contributed by atoms with Crippen LogP contribution in [0.25, 0.3) is 0 Å². The molecule has 158 valence electrons. The van der Waals surface area contributed by atoms with Crippen molar-refractivity contribution in [1.82, 2.24) is 0 Å². The topological polar surface area (TPSA) is 60.4 Å². The molecule has 0 bridgehead atoms. The largest absolute Gasteiger partial charge is 0.497 e. The van der Waals surface area contributed by atoms with Crippen LogP contribution in [0.5, 0.6) is 11.5 Å². The number of methoxy groups -OCH3 is 2. The van der Waals surface area contributed by atoms with Gasteiger partial charge in [-0.1, -0.05) is 30.3 Å². The molecule has 1 amide bonds. The Morgan fingerprint density at radius 2 is 1.48 bits per heavy atom. The lowest BCUT2D eigenvalue weighted by molar-refractivity contribution is -0.140. The molecule has 0 N–H and O–H groups in total. The van der Waals surface area contributed by atoms with Crippen molar-refractivity contribution in [3.05, 3.63) is 84.4 Å². The van der Waals surface area contributed by atoms with Gasteiger partial charge in [-0.2, -0.15) is 0 Å². The molecule has 0 unspecified atom stereocenters. The lowest BCUT2D eigenvalue weighted by atomic mass is 9.97. The Hall–Kier alpha value is -3.64. The Bertz CT molecular complexity index is 1030. The zero-order valence-electron chi connectivity index (χ0n) is 17.5. The van der Waals surface area contributed by atoms with E-state index in [9.17, 15) is 4.79 Å². The number of ether oxygens (including phenoxy) is 3. The Balaban J connectivity index is 1.54. The predicted molar refractivity (Wildman–Crippen MR) is 120 cm³/mol. The summed E-state index contributed by atoms with van der Waals surface area (Å²) in [5.74, 6) is 1.41. The molecule has 0 spiro atoms. The number of β-lactam (4-membered cyclic amide) rings is 1. The quantitative estimate of drug-likeness (QED) is 0.403. The average Bonchev–Trinajstić information content (AvgIpc) is 2.83. The van der Waals surface area contributed by atoms with E-state index in [0.717, 1.165) is 28.4 Å². The lowest BCUT2D eigenvalue weighted by Crippen LogP contribution is -2.66. The second kappa shape index (κ2) is 9.45. The number of anilines is 1. The number of aliphatic imine (C=N–C) groups is 1. The van der Waals surface area contributed by atoms with Gasteiger partial charge in [0.25, 0.3) is 5.91 Å². The molecule has 6 heteroatoms. The van der Waals surface area contributed by atoms with Crippen LogP contribution in [0.3, 0.4) is 0 Å². The molecule has 31 heavy (non-hydrogen) atoms. The van der Waals surface area contributed by atoms with E-state index < -0.39 is 6.10 Å². The third-order valence-corrected chi connectivity index (χ3v) is 5.16. The fraction of sp³-hybridized carbons (Fsp3) is 0.200. The maximum atomic E-state index is 12.9. The van der Waals surface area contributed by atoms with E-state index in [2.05, 4.69) is 4.99 Å². The molecule has 2 atom stereocenters. The smallest absolute Gasteiger partial charge is 0.259 e. The molecule has 1 fully saturated rings. The molecule has 1 saturated heterocycles. The molecule has 1 aliphatic heterocycles. The fourth-order valence-electron chi connectivity index (χ4n) is 3.43. The number of carbonyl (C=O) groups excluding carboxylic acids is 1. The maximum absolute atomic E-state index is 12.9. The number of benzene rings is 3. The minimum Gasteiger partial charge on any atom is -0.497 e. The number of amides is 1. The first-order chi connectivity index (χ1) is 15.2. The molecule has 0 aliphatic carbocycles. The summed E-state index contributed by atoms with van der Waals surface area (Å²) in [5.41, 5.74) is 2.57. The highest BCUT2D eigenvalue weighted by atomic mass is 16.5. The zero-order chi connectivity index (χ0) is 21.6. The Labute approximate surface area is 181 Å². The van der Waals surface area contributed by atoms with Gasteiger partial charge in [0.1, 0.15) is 17.5 Å². The van der Waals surface area contributed by atoms with Crippen molar-refractivity contribution >= 4 is 23.5 Å². The van der Waals surface area contributed by atoms with Crippen molar-refractivity contribution in [2.45, 2.75) is 18.8 Å². The summed E-state index contributed by atoms with van der Waals surface area (Å²) < 4.78 is 16.4. The predicted octanol–water partition coefficient (Wildman–Crippen LogP) is 4.41. The van der Waals surface area contributed by atoms with Crippen molar-refractivity contribution in [2.75, 3.05) is 19.1 Å². The Kier molecular flexibility index (Phi) is 6.29. The third kappa shape index (κ3) is 4.59. The van der Waals surface area contributed by atoms with Crippen LogP contribution < -0.4 is 14.4 Å². The first-order valence-electron chi connectivity index (χ1n) is 10.0. The molecule has 0 radical (unpaired) electrons. The van der Waals surface area contributed by atoms with Gasteiger partial charge in [-0.25, -0.2) is 0 Å². The van der Waals surface area contributed by atoms with Gasteiger partial charge in [0, 0.05) is 11.9 Å². The van der Waals surface area contributed by atoms with Gasteiger partial charge in [0.2, 0.25) is 0 Å².